The molecule has 0 fully saturated rings. The maximum Gasteiger partial charge on any atom is 0.434 e. The van der Waals surface area contributed by atoms with E-state index >= 15 is 0 Å². The second-order valence-corrected chi connectivity index (χ2v) is 4.19. The second kappa shape index (κ2) is 4.82. The van der Waals surface area contributed by atoms with Crippen LogP contribution in [0.2, 0.25) is 0 Å². The van der Waals surface area contributed by atoms with E-state index in [9.17, 15) is 18.0 Å². The van der Waals surface area contributed by atoms with E-state index in [0.717, 1.165) is 16.7 Å². The number of hydrogen-bond donors (Lipinski definition) is 1. The lowest BCUT2D eigenvalue weighted by molar-refractivity contribution is -0.140. The highest BCUT2D eigenvalue weighted by atomic mass is 32.1. The van der Waals surface area contributed by atoms with Crippen LogP contribution >= 0.6 is 11.3 Å². The van der Waals surface area contributed by atoms with Crippen molar-refractivity contribution in [2.24, 2.45) is 5.92 Å². The van der Waals surface area contributed by atoms with E-state index in [1.54, 1.807) is 6.92 Å². The number of hydrogen-bond acceptors (Lipinski definition) is 3. The van der Waals surface area contributed by atoms with Gasteiger partial charge in [0, 0.05) is 11.3 Å². The number of anilines is 1. The molecule has 1 aromatic rings. The Morgan fingerprint density at radius 1 is 1.62 bits per heavy atom. The molecule has 0 spiro atoms. The highest BCUT2D eigenvalue weighted by Crippen LogP contribution is 2.31. The van der Waals surface area contributed by atoms with E-state index in [4.69, 9.17) is 0 Å². The molecular formula is C9H11F3N2OS. The molecule has 1 heterocycles. The van der Waals surface area contributed by atoms with Crippen molar-refractivity contribution in [3.8, 4) is 0 Å². The van der Waals surface area contributed by atoms with Crippen LogP contribution in [0.1, 0.15) is 26.0 Å². The van der Waals surface area contributed by atoms with Crippen LogP contribution in [-0.2, 0) is 11.0 Å². The number of nitrogens with zero attached hydrogens (tertiary/aromatic N) is 1. The van der Waals surface area contributed by atoms with Crippen molar-refractivity contribution in [3.63, 3.8) is 0 Å². The summed E-state index contributed by atoms with van der Waals surface area (Å²) in [6.07, 6.45) is -3.83. The van der Waals surface area contributed by atoms with Gasteiger partial charge in [-0.25, -0.2) is 4.98 Å². The normalized spacial score (nSPS) is 13.6. The molecular weight excluding hydrogens is 241 g/mol. The second-order valence-electron chi connectivity index (χ2n) is 3.33. The summed E-state index contributed by atoms with van der Waals surface area (Å²) >= 11 is 0.770. The molecule has 0 bridgehead atoms. The van der Waals surface area contributed by atoms with Crippen LogP contribution in [0.3, 0.4) is 0 Å². The van der Waals surface area contributed by atoms with Crippen molar-refractivity contribution >= 4 is 22.4 Å². The summed E-state index contributed by atoms with van der Waals surface area (Å²) in [5.41, 5.74) is -0.975. The minimum atomic E-state index is -4.46. The Morgan fingerprint density at radius 3 is 2.69 bits per heavy atom. The lowest BCUT2D eigenvalue weighted by atomic mass is 10.1. The number of halogens is 3. The Morgan fingerprint density at radius 2 is 2.25 bits per heavy atom. The van der Waals surface area contributed by atoms with Gasteiger partial charge in [0.25, 0.3) is 0 Å². The third-order valence-electron chi connectivity index (χ3n) is 2.08. The summed E-state index contributed by atoms with van der Waals surface area (Å²) in [4.78, 5) is 14.7. The van der Waals surface area contributed by atoms with Crippen molar-refractivity contribution in [2.45, 2.75) is 26.4 Å². The first-order valence-corrected chi connectivity index (χ1v) is 5.56. The van der Waals surface area contributed by atoms with E-state index in [0.29, 0.717) is 6.42 Å². The first kappa shape index (κ1) is 13.0. The van der Waals surface area contributed by atoms with Crippen molar-refractivity contribution in [2.75, 3.05) is 5.32 Å². The number of carbonyl (C=O) groups excluding carboxylic acids is 1. The fourth-order valence-corrected chi connectivity index (χ4v) is 1.60. The molecule has 1 unspecified atom stereocenters. The number of carbonyl (C=O) groups is 1. The molecule has 3 nitrogen and oxygen atoms in total. The molecule has 0 aliphatic heterocycles. The first-order valence-electron chi connectivity index (χ1n) is 4.68. The smallest absolute Gasteiger partial charge is 0.302 e. The van der Waals surface area contributed by atoms with Gasteiger partial charge in [0.15, 0.2) is 10.8 Å². The van der Waals surface area contributed by atoms with E-state index in [2.05, 4.69) is 10.3 Å². The summed E-state index contributed by atoms with van der Waals surface area (Å²) in [7, 11) is 0. The third-order valence-corrected chi connectivity index (χ3v) is 2.84. The predicted molar refractivity (Wildman–Crippen MR) is 55.2 cm³/mol. The molecule has 1 rings (SSSR count). The third kappa shape index (κ3) is 3.19. The highest BCUT2D eigenvalue weighted by Gasteiger charge is 2.33. The maximum atomic E-state index is 12.2. The number of nitrogens with one attached hydrogen (secondary N) is 1. The van der Waals surface area contributed by atoms with Crippen molar-refractivity contribution in [1.29, 1.82) is 0 Å². The SMILES string of the molecule is CCC(C)C(=O)Nc1nc(C(F)(F)F)cs1. The number of rotatable bonds is 3. The molecule has 7 heteroatoms. The predicted octanol–water partition coefficient (Wildman–Crippen LogP) is 3.15. The van der Waals surface area contributed by atoms with E-state index in [1.807, 2.05) is 6.92 Å². The van der Waals surface area contributed by atoms with Crippen molar-refractivity contribution in [1.82, 2.24) is 4.98 Å². The summed E-state index contributed by atoms with van der Waals surface area (Å²) in [5.74, 6) is -0.552. The molecule has 0 aliphatic rings. The molecule has 16 heavy (non-hydrogen) atoms. The van der Waals surface area contributed by atoms with Crippen molar-refractivity contribution in [3.05, 3.63) is 11.1 Å². The lowest BCUT2D eigenvalue weighted by Gasteiger charge is -2.06. The van der Waals surface area contributed by atoms with Gasteiger partial charge >= 0.3 is 6.18 Å². The van der Waals surface area contributed by atoms with Crippen LogP contribution in [0.25, 0.3) is 0 Å². The average Bonchev–Trinajstić information content (AvgIpc) is 2.64. The van der Waals surface area contributed by atoms with Crippen LogP contribution in [0.5, 0.6) is 0 Å². The highest BCUT2D eigenvalue weighted by molar-refractivity contribution is 7.13. The van der Waals surface area contributed by atoms with E-state index < -0.39 is 11.9 Å². The summed E-state index contributed by atoms with van der Waals surface area (Å²) in [6, 6.07) is 0. The molecule has 90 valence electrons. The van der Waals surface area contributed by atoms with Gasteiger partial charge in [0.1, 0.15) is 0 Å². The zero-order valence-electron chi connectivity index (χ0n) is 8.76. The zero-order chi connectivity index (χ0) is 12.3. The largest absolute Gasteiger partial charge is 0.434 e. The Labute approximate surface area is 94.7 Å². The monoisotopic (exact) mass is 252 g/mol. The van der Waals surface area contributed by atoms with Gasteiger partial charge in [-0.2, -0.15) is 13.2 Å². The Balaban J connectivity index is 2.70. The number of amides is 1. The van der Waals surface area contributed by atoms with Gasteiger partial charge in [-0.15, -0.1) is 11.3 Å². The Hall–Kier alpha value is -1.11. The minimum Gasteiger partial charge on any atom is -0.302 e. The van der Waals surface area contributed by atoms with Crippen LogP contribution in [0, 0.1) is 5.92 Å². The molecule has 1 atom stereocenters. The van der Waals surface area contributed by atoms with Crippen LogP contribution in [0.15, 0.2) is 5.38 Å². The Kier molecular flexibility index (Phi) is 3.90. The van der Waals surface area contributed by atoms with Gasteiger partial charge < -0.3 is 5.32 Å². The quantitative estimate of drug-likeness (QED) is 0.897. The van der Waals surface area contributed by atoms with Crippen LogP contribution < -0.4 is 5.32 Å². The average molecular weight is 252 g/mol. The fourth-order valence-electron chi connectivity index (χ4n) is 0.875. The van der Waals surface area contributed by atoms with Gasteiger partial charge in [0.05, 0.1) is 0 Å². The topological polar surface area (TPSA) is 42.0 Å². The standard InChI is InChI=1S/C9H11F3N2OS/c1-3-5(2)7(15)14-8-13-6(4-16-8)9(10,11)12/h4-5H,3H2,1-2H3,(H,13,14,15). The molecule has 1 aromatic heterocycles. The number of thiazole rings is 1. The van der Waals surface area contributed by atoms with Gasteiger partial charge in [-0.1, -0.05) is 13.8 Å². The molecule has 0 aliphatic carbocycles. The molecule has 1 amide bonds. The summed E-state index contributed by atoms with van der Waals surface area (Å²) < 4.78 is 36.6. The molecule has 1 N–H and O–H groups in total. The van der Waals surface area contributed by atoms with E-state index in [-0.39, 0.29) is 17.0 Å². The lowest BCUT2D eigenvalue weighted by Crippen LogP contribution is -2.19. The number of alkyl halides is 3. The molecule has 0 radical (unpaired) electrons. The maximum absolute atomic E-state index is 12.2. The fraction of sp³-hybridized carbons (Fsp3) is 0.556. The minimum absolute atomic E-state index is 0.0161. The number of aromatic nitrogens is 1. The Bertz CT molecular complexity index is 375. The van der Waals surface area contributed by atoms with Crippen LogP contribution in [-0.4, -0.2) is 10.9 Å². The zero-order valence-corrected chi connectivity index (χ0v) is 9.58. The van der Waals surface area contributed by atoms with E-state index in [1.165, 1.54) is 0 Å². The van der Waals surface area contributed by atoms with Gasteiger partial charge in [-0.3, -0.25) is 4.79 Å². The molecule has 0 saturated heterocycles. The first-order chi connectivity index (χ1) is 7.34. The summed E-state index contributed by atoms with van der Waals surface area (Å²) in [6.45, 7) is 3.53. The van der Waals surface area contributed by atoms with Crippen molar-refractivity contribution < 1.29 is 18.0 Å². The van der Waals surface area contributed by atoms with Gasteiger partial charge in [-0.05, 0) is 6.42 Å². The van der Waals surface area contributed by atoms with Gasteiger partial charge in [0.2, 0.25) is 5.91 Å². The molecule has 0 saturated carbocycles. The molecule has 0 aromatic carbocycles. The van der Waals surface area contributed by atoms with Crippen LogP contribution in [0.4, 0.5) is 18.3 Å². The summed E-state index contributed by atoms with van der Waals surface area (Å²) in [5, 5.41) is 3.22.